The standard InChI is InChI=1S/C18H21N3O5/c1-5-26-15(22)14-12(2)21(20-16(23)25-4)17(3,24)18(14,11-19)13-9-7-6-8-10-13/h6-10,24H,5H2,1-4H3,(H,20,23). The first kappa shape index (κ1) is 19.3. The second-order valence-electron chi connectivity index (χ2n) is 5.87. The van der Waals surface area contributed by atoms with E-state index in [1.165, 1.54) is 21.0 Å². The number of benzene rings is 1. The summed E-state index contributed by atoms with van der Waals surface area (Å²) < 4.78 is 9.70. The molecule has 0 fully saturated rings. The van der Waals surface area contributed by atoms with Gasteiger partial charge in [-0.3, -0.25) is 5.01 Å². The van der Waals surface area contributed by atoms with E-state index in [1.54, 1.807) is 37.3 Å². The molecule has 1 aliphatic rings. The smallest absolute Gasteiger partial charge is 0.425 e. The zero-order valence-electron chi connectivity index (χ0n) is 15.1. The quantitative estimate of drug-likeness (QED) is 0.785. The number of nitrogens with one attached hydrogen (secondary N) is 1. The predicted molar refractivity (Wildman–Crippen MR) is 91.1 cm³/mol. The molecule has 8 nitrogen and oxygen atoms in total. The van der Waals surface area contributed by atoms with Crippen LogP contribution in [0.4, 0.5) is 4.79 Å². The van der Waals surface area contributed by atoms with Crippen LogP contribution in [0.15, 0.2) is 41.6 Å². The first-order valence-electron chi connectivity index (χ1n) is 8.00. The maximum Gasteiger partial charge on any atom is 0.425 e. The monoisotopic (exact) mass is 359 g/mol. The minimum Gasteiger partial charge on any atom is -0.463 e. The summed E-state index contributed by atoms with van der Waals surface area (Å²) in [5.74, 6) is -0.746. The number of methoxy groups -OCH3 is 1. The van der Waals surface area contributed by atoms with Crippen LogP contribution in [0.5, 0.6) is 0 Å². The van der Waals surface area contributed by atoms with E-state index >= 15 is 0 Å². The molecule has 1 aromatic rings. The Bertz CT molecular complexity index is 782. The lowest BCUT2D eigenvalue weighted by Crippen LogP contribution is -2.60. The van der Waals surface area contributed by atoms with Gasteiger partial charge >= 0.3 is 12.1 Å². The van der Waals surface area contributed by atoms with Crippen molar-refractivity contribution in [3.8, 4) is 6.07 Å². The van der Waals surface area contributed by atoms with E-state index in [0.717, 1.165) is 5.01 Å². The van der Waals surface area contributed by atoms with Gasteiger partial charge in [0.15, 0.2) is 11.1 Å². The molecule has 1 amide bonds. The maximum absolute atomic E-state index is 12.7. The summed E-state index contributed by atoms with van der Waals surface area (Å²) >= 11 is 0. The van der Waals surface area contributed by atoms with Crippen LogP contribution in [-0.4, -0.2) is 41.6 Å². The number of rotatable bonds is 4. The fourth-order valence-corrected chi connectivity index (χ4v) is 3.28. The number of nitriles is 1. The van der Waals surface area contributed by atoms with Gasteiger partial charge in [0, 0.05) is 5.70 Å². The van der Waals surface area contributed by atoms with Crippen molar-refractivity contribution in [3.05, 3.63) is 47.2 Å². The average Bonchev–Trinajstić information content (AvgIpc) is 2.80. The predicted octanol–water partition coefficient (Wildman–Crippen LogP) is 1.58. The van der Waals surface area contributed by atoms with Crippen LogP contribution >= 0.6 is 0 Å². The van der Waals surface area contributed by atoms with Gasteiger partial charge in [-0.1, -0.05) is 30.3 Å². The lowest BCUT2D eigenvalue weighted by molar-refractivity contribution is -0.141. The summed E-state index contributed by atoms with van der Waals surface area (Å²) in [6, 6.07) is 10.5. The molecule has 138 valence electrons. The molecule has 1 aromatic carbocycles. The molecule has 2 rings (SSSR count). The molecule has 0 radical (unpaired) electrons. The third-order valence-corrected chi connectivity index (χ3v) is 4.46. The van der Waals surface area contributed by atoms with Crippen molar-refractivity contribution in [3.63, 3.8) is 0 Å². The highest BCUT2D eigenvalue weighted by Crippen LogP contribution is 2.51. The highest BCUT2D eigenvalue weighted by atomic mass is 16.5. The van der Waals surface area contributed by atoms with Gasteiger partial charge in [0.25, 0.3) is 0 Å². The van der Waals surface area contributed by atoms with Crippen molar-refractivity contribution in [2.75, 3.05) is 13.7 Å². The number of nitrogens with zero attached hydrogens (tertiary/aromatic N) is 2. The SMILES string of the molecule is CCOC(=O)C1=C(C)N(NC(=O)OC)C(C)(O)C1(C#N)c1ccccc1. The lowest BCUT2D eigenvalue weighted by Gasteiger charge is -2.41. The number of hydrazine groups is 1. The molecule has 0 saturated carbocycles. The number of amides is 1. The van der Waals surface area contributed by atoms with E-state index in [2.05, 4.69) is 16.2 Å². The molecule has 0 bridgehead atoms. The van der Waals surface area contributed by atoms with E-state index < -0.39 is 23.2 Å². The van der Waals surface area contributed by atoms with Crippen LogP contribution in [0.1, 0.15) is 26.3 Å². The Morgan fingerprint density at radius 3 is 2.46 bits per heavy atom. The summed E-state index contributed by atoms with van der Waals surface area (Å²) in [7, 11) is 1.17. The molecule has 2 atom stereocenters. The van der Waals surface area contributed by atoms with E-state index in [1.807, 2.05) is 0 Å². The Kier molecular flexibility index (Phi) is 5.23. The fraction of sp³-hybridized carbons (Fsp3) is 0.389. The lowest BCUT2D eigenvalue weighted by atomic mass is 9.69. The van der Waals surface area contributed by atoms with E-state index in [4.69, 9.17) is 4.74 Å². The van der Waals surface area contributed by atoms with Gasteiger partial charge in [0.1, 0.15) is 0 Å². The fourth-order valence-electron chi connectivity index (χ4n) is 3.28. The number of carbonyl (C=O) groups is 2. The summed E-state index contributed by atoms with van der Waals surface area (Å²) in [5.41, 5.74) is -0.879. The van der Waals surface area contributed by atoms with Crippen molar-refractivity contribution in [1.82, 2.24) is 10.4 Å². The number of allylic oxidation sites excluding steroid dienone is 1. The molecular weight excluding hydrogens is 338 g/mol. The largest absolute Gasteiger partial charge is 0.463 e. The minimum atomic E-state index is -1.98. The van der Waals surface area contributed by atoms with Crippen molar-refractivity contribution < 1.29 is 24.2 Å². The Labute approximate surface area is 151 Å². The molecule has 0 aliphatic carbocycles. The number of aliphatic hydroxyl groups is 1. The van der Waals surface area contributed by atoms with Crippen molar-refractivity contribution in [2.24, 2.45) is 0 Å². The van der Waals surface area contributed by atoms with Gasteiger partial charge in [-0.05, 0) is 26.3 Å². The second kappa shape index (κ2) is 7.06. The topological polar surface area (TPSA) is 112 Å². The molecule has 26 heavy (non-hydrogen) atoms. The summed E-state index contributed by atoms with van der Waals surface area (Å²) in [6.45, 7) is 4.59. The van der Waals surface area contributed by atoms with E-state index in [-0.39, 0.29) is 17.9 Å². The average molecular weight is 359 g/mol. The van der Waals surface area contributed by atoms with E-state index in [0.29, 0.717) is 5.56 Å². The van der Waals surface area contributed by atoms with Gasteiger partial charge in [0.2, 0.25) is 0 Å². The molecule has 0 spiro atoms. The zero-order chi connectivity index (χ0) is 19.5. The number of ether oxygens (including phenoxy) is 2. The molecule has 8 heteroatoms. The summed E-state index contributed by atoms with van der Waals surface area (Å²) in [4.78, 5) is 24.4. The second-order valence-corrected chi connectivity index (χ2v) is 5.87. The summed E-state index contributed by atoms with van der Waals surface area (Å²) in [5, 5.41) is 22.5. The van der Waals surface area contributed by atoms with Gasteiger partial charge in [0.05, 0.1) is 25.4 Å². The van der Waals surface area contributed by atoms with Crippen molar-refractivity contribution in [1.29, 1.82) is 5.26 Å². The van der Waals surface area contributed by atoms with Gasteiger partial charge in [-0.15, -0.1) is 0 Å². The Balaban J connectivity index is 2.76. The third kappa shape index (κ3) is 2.66. The van der Waals surface area contributed by atoms with Gasteiger partial charge in [-0.2, -0.15) is 5.26 Å². The molecule has 2 unspecified atom stereocenters. The highest BCUT2D eigenvalue weighted by molar-refractivity contribution is 5.95. The van der Waals surface area contributed by atoms with Crippen LogP contribution in [0.3, 0.4) is 0 Å². The van der Waals surface area contributed by atoms with Crippen LogP contribution in [0, 0.1) is 11.3 Å². The molecular formula is C18H21N3O5. The van der Waals surface area contributed by atoms with Crippen LogP contribution in [-0.2, 0) is 19.7 Å². The minimum absolute atomic E-state index is 0.0468. The number of hydrogen-bond donors (Lipinski definition) is 2. The van der Waals surface area contributed by atoms with Crippen LogP contribution in [0.25, 0.3) is 0 Å². The summed E-state index contributed by atoms with van der Waals surface area (Å²) in [6.07, 6.45) is -0.852. The van der Waals surface area contributed by atoms with E-state index in [9.17, 15) is 20.0 Å². The zero-order valence-corrected chi connectivity index (χ0v) is 15.1. The Morgan fingerprint density at radius 2 is 1.96 bits per heavy atom. The molecule has 0 aromatic heterocycles. The number of hydrogen-bond acceptors (Lipinski definition) is 7. The number of carbonyl (C=O) groups excluding carboxylic acids is 2. The van der Waals surface area contributed by atoms with Gasteiger partial charge in [-0.25, -0.2) is 15.0 Å². The van der Waals surface area contributed by atoms with Crippen LogP contribution < -0.4 is 5.43 Å². The molecule has 2 N–H and O–H groups in total. The Hall–Kier alpha value is -3.05. The normalized spacial score (nSPS) is 24.8. The number of esters is 1. The highest BCUT2D eigenvalue weighted by Gasteiger charge is 2.64. The molecule has 1 heterocycles. The Morgan fingerprint density at radius 1 is 1.35 bits per heavy atom. The third-order valence-electron chi connectivity index (χ3n) is 4.46. The van der Waals surface area contributed by atoms with Crippen molar-refractivity contribution in [2.45, 2.75) is 31.9 Å². The molecule has 0 saturated heterocycles. The van der Waals surface area contributed by atoms with Crippen LogP contribution in [0.2, 0.25) is 0 Å². The molecule has 1 aliphatic heterocycles. The maximum atomic E-state index is 12.7. The van der Waals surface area contributed by atoms with Gasteiger partial charge < -0.3 is 14.6 Å². The first-order valence-corrected chi connectivity index (χ1v) is 8.00. The first-order chi connectivity index (χ1) is 12.3. The van der Waals surface area contributed by atoms with Crippen molar-refractivity contribution >= 4 is 12.1 Å².